The molecule has 2 heterocycles. The topological polar surface area (TPSA) is 25.4 Å². The minimum Gasteiger partial charge on any atom is -0.481 e. The second-order valence-electron chi connectivity index (χ2n) is 4.77. The molecule has 1 atom stereocenters. The highest BCUT2D eigenvalue weighted by atomic mass is 79.9. The quantitative estimate of drug-likeness (QED) is 0.781. The van der Waals surface area contributed by atoms with Crippen LogP contribution in [0.5, 0.6) is 5.88 Å². The summed E-state index contributed by atoms with van der Waals surface area (Å²) in [6.07, 6.45) is 5.21. The van der Waals surface area contributed by atoms with Crippen molar-refractivity contribution in [1.82, 2.24) is 9.88 Å². The third-order valence-corrected chi connectivity index (χ3v) is 4.00. The summed E-state index contributed by atoms with van der Waals surface area (Å²) in [5.74, 6) is 0.710. The molecule has 0 N–H and O–H groups in total. The van der Waals surface area contributed by atoms with E-state index < -0.39 is 0 Å². The van der Waals surface area contributed by atoms with Gasteiger partial charge in [-0.25, -0.2) is 4.98 Å². The summed E-state index contributed by atoms with van der Waals surface area (Å²) in [4.78, 5) is 7.07. The minimum absolute atomic E-state index is 0.700. The van der Waals surface area contributed by atoms with Crippen LogP contribution in [0.25, 0.3) is 0 Å². The molecule has 18 heavy (non-hydrogen) atoms. The lowest BCUT2D eigenvalue weighted by atomic mass is 10.00. The molecule has 1 aliphatic rings. The number of nitrogens with zero attached hydrogens (tertiary/aromatic N) is 2. The maximum absolute atomic E-state index is 5.18. The fourth-order valence-corrected chi connectivity index (χ4v) is 3.12. The first-order valence-corrected chi connectivity index (χ1v) is 7.75. The summed E-state index contributed by atoms with van der Waals surface area (Å²) in [6.45, 7) is 2.13. The van der Waals surface area contributed by atoms with Crippen molar-refractivity contribution in [1.29, 1.82) is 0 Å². The lowest BCUT2D eigenvalue weighted by Gasteiger charge is -2.35. The van der Waals surface area contributed by atoms with E-state index in [0.29, 0.717) is 11.9 Å². The Labute approximate surface area is 118 Å². The molecule has 100 valence electrons. The third kappa shape index (κ3) is 3.69. The standard InChI is InChI=1S/C14H21BrN2O/c1-18-14-7-4-5-12(16-14)11-17-10-3-2-6-13(17)8-9-15/h4-5,7,13H,2-3,6,8-11H2,1H3. The van der Waals surface area contributed by atoms with Gasteiger partial charge in [-0.1, -0.05) is 28.4 Å². The lowest BCUT2D eigenvalue weighted by Crippen LogP contribution is -2.39. The Kier molecular flexibility index (Phi) is 5.45. The molecule has 3 nitrogen and oxygen atoms in total. The Morgan fingerprint density at radius 3 is 3.11 bits per heavy atom. The van der Waals surface area contributed by atoms with Crippen molar-refractivity contribution in [3.05, 3.63) is 23.9 Å². The highest BCUT2D eigenvalue weighted by Gasteiger charge is 2.22. The lowest BCUT2D eigenvalue weighted by molar-refractivity contribution is 0.135. The number of methoxy groups -OCH3 is 1. The van der Waals surface area contributed by atoms with Gasteiger partial charge in [-0.2, -0.15) is 0 Å². The van der Waals surface area contributed by atoms with Crippen LogP contribution in [0.1, 0.15) is 31.4 Å². The van der Waals surface area contributed by atoms with Crippen molar-refractivity contribution < 1.29 is 4.74 Å². The van der Waals surface area contributed by atoms with Crippen molar-refractivity contribution >= 4 is 15.9 Å². The SMILES string of the molecule is COc1cccc(CN2CCCCC2CCBr)n1. The number of hydrogen-bond acceptors (Lipinski definition) is 3. The van der Waals surface area contributed by atoms with Crippen molar-refractivity contribution in [3.8, 4) is 5.88 Å². The summed E-state index contributed by atoms with van der Waals surface area (Å²) in [5, 5.41) is 1.08. The number of pyridine rings is 1. The van der Waals surface area contributed by atoms with E-state index in [4.69, 9.17) is 4.74 Å². The summed E-state index contributed by atoms with van der Waals surface area (Å²) < 4.78 is 5.18. The molecule has 0 aliphatic carbocycles. The molecule has 1 aliphatic heterocycles. The van der Waals surface area contributed by atoms with Gasteiger partial charge >= 0.3 is 0 Å². The summed E-state index contributed by atoms with van der Waals surface area (Å²) in [6, 6.07) is 6.70. The fraction of sp³-hybridized carbons (Fsp3) is 0.643. The van der Waals surface area contributed by atoms with E-state index >= 15 is 0 Å². The van der Waals surface area contributed by atoms with Crippen LogP contribution in [-0.4, -0.2) is 34.9 Å². The van der Waals surface area contributed by atoms with Crippen molar-refractivity contribution in [2.45, 2.75) is 38.3 Å². The molecule has 0 saturated carbocycles. The number of ether oxygens (including phenoxy) is 1. The van der Waals surface area contributed by atoms with Gasteiger partial charge in [0, 0.05) is 24.0 Å². The van der Waals surface area contributed by atoms with Gasteiger partial charge < -0.3 is 4.74 Å². The van der Waals surface area contributed by atoms with Crippen LogP contribution in [0.15, 0.2) is 18.2 Å². The van der Waals surface area contributed by atoms with Gasteiger partial charge in [-0.15, -0.1) is 0 Å². The maximum atomic E-state index is 5.18. The van der Waals surface area contributed by atoms with Crippen molar-refractivity contribution in [3.63, 3.8) is 0 Å². The minimum atomic E-state index is 0.700. The van der Waals surface area contributed by atoms with E-state index in [-0.39, 0.29) is 0 Å². The first-order chi connectivity index (χ1) is 8.83. The summed E-state index contributed by atoms with van der Waals surface area (Å²) >= 11 is 3.56. The van der Waals surface area contributed by atoms with Gasteiger partial charge in [0.05, 0.1) is 12.8 Å². The molecular formula is C14H21BrN2O. The monoisotopic (exact) mass is 312 g/mol. The Hall–Kier alpha value is -0.610. The number of alkyl halides is 1. The number of halogens is 1. The number of likely N-dealkylation sites (tertiary alicyclic amines) is 1. The number of piperidine rings is 1. The Bertz CT molecular complexity index is 371. The first-order valence-electron chi connectivity index (χ1n) is 6.63. The van der Waals surface area contributed by atoms with E-state index in [9.17, 15) is 0 Å². The van der Waals surface area contributed by atoms with Gasteiger partial charge in [0.2, 0.25) is 5.88 Å². The number of aromatic nitrogens is 1. The summed E-state index contributed by atoms with van der Waals surface area (Å²) in [5.41, 5.74) is 1.11. The smallest absolute Gasteiger partial charge is 0.213 e. The van der Waals surface area contributed by atoms with Crippen LogP contribution in [0, 0.1) is 0 Å². The molecule has 0 amide bonds. The van der Waals surface area contributed by atoms with Crippen LogP contribution in [0.3, 0.4) is 0 Å². The molecule has 0 radical (unpaired) electrons. The zero-order chi connectivity index (χ0) is 12.8. The third-order valence-electron chi connectivity index (χ3n) is 3.55. The molecule has 0 aromatic carbocycles. The van der Waals surface area contributed by atoms with E-state index in [0.717, 1.165) is 17.6 Å². The average Bonchev–Trinajstić information content (AvgIpc) is 2.41. The number of hydrogen-bond donors (Lipinski definition) is 0. The van der Waals surface area contributed by atoms with E-state index in [2.05, 4.69) is 31.9 Å². The fourth-order valence-electron chi connectivity index (χ4n) is 2.59. The normalized spacial score (nSPS) is 20.9. The second-order valence-corrected chi connectivity index (χ2v) is 5.56. The molecule has 0 bridgehead atoms. The average molecular weight is 313 g/mol. The summed E-state index contributed by atoms with van der Waals surface area (Å²) in [7, 11) is 1.67. The van der Waals surface area contributed by atoms with E-state index in [1.54, 1.807) is 7.11 Å². The molecule has 1 fully saturated rings. The molecule has 1 unspecified atom stereocenters. The Morgan fingerprint density at radius 2 is 2.33 bits per heavy atom. The van der Waals surface area contributed by atoms with Gasteiger partial charge in [-0.05, 0) is 31.9 Å². The molecule has 0 spiro atoms. The molecule has 1 aromatic rings. The predicted molar refractivity (Wildman–Crippen MR) is 77.2 cm³/mol. The first kappa shape index (κ1) is 13.8. The van der Waals surface area contributed by atoms with E-state index in [1.807, 2.05) is 12.1 Å². The Balaban J connectivity index is 2.01. The molecule has 1 aromatic heterocycles. The van der Waals surface area contributed by atoms with Gasteiger partial charge in [-0.3, -0.25) is 4.90 Å². The van der Waals surface area contributed by atoms with Gasteiger partial charge in [0.25, 0.3) is 0 Å². The van der Waals surface area contributed by atoms with Gasteiger partial charge in [0.1, 0.15) is 0 Å². The van der Waals surface area contributed by atoms with Crippen LogP contribution in [-0.2, 0) is 6.54 Å². The second kappa shape index (κ2) is 7.10. The largest absolute Gasteiger partial charge is 0.481 e. The van der Waals surface area contributed by atoms with Crippen LogP contribution < -0.4 is 4.74 Å². The van der Waals surface area contributed by atoms with Crippen LogP contribution in [0.2, 0.25) is 0 Å². The zero-order valence-electron chi connectivity index (χ0n) is 10.9. The Morgan fingerprint density at radius 1 is 1.44 bits per heavy atom. The van der Waals surface area contributed by atoms with Crippen LogP contribution >= 0.6 is 15.9 Å². The number of rotatable bonds is 5. The van der Waals surface area contributed by atoms with E-state index in [1.165, 1.54) is 32.2 Å². The van der Waals surface area contributed by atoms with Gasteiger partial charge in [0.15, 0.2) is 0 Å². The van der Waals surface area contributed by atoms with Crippen molar-refractivity contribution in [2.75, 3.05) is 19.0 Å². The zero-order valence-corrected chi connectivity index (χ0v) is 12.5. The van der Waals surface area contributed by atoms with Crippen molar-refractivity contribution in [2.24, 2.45) is 0 Å². The predicted octanol–water partition coefficient (Wildman–Crippen LogP) is 3.23. The highest BCUT2D eigenvalue weighted by Crippen LogP contribution is 2.22. The molecule has 4 heteroatoms. The van der Waals surface area contributed by atoms with Crippen LogP contribution in [0.4, 0.5) is 0 Å². The highest BCUT2D eigenvalue weighted by molar-refractivity contribution is 9.09. The molecule has 1 saturated heterocycles. The molecule has 2 rings (SSSR count). The maximum Gasteiger partial charge on any atom is 0.213 e. The molecular weight excluding hydrogens is 292 g/mol.